The summed E-state index contributed by atoms with van der Waals surface area (Å²) in [5.41, 5.74) is -1.18. The highest BCUT2D eigenvalue weighted by Crippen LogP contribution is 2.25. The quantitative estimate of drug-likeness (QED) is 0.461. The van der Waals surface area contributed by atoms with Crippen LogP contribution in [0.1, 0.15) is 0 Å². The summed E-state index contributed by atoms with van der Waals surface area (Å²) < 4.78 is 57.6. The van der Waals surface area contributed by atoms with Crippen molar-refractivity contribution in [3.63, 3.8) is 0 Å². The lowest BCUT2D eigenvalue weighted by atomic mass is 9.94. The van der Waals surface area contributed by atoms with E-state index >= 15 is 0 Å². The Bertz CT molecular complexity index is 416. The summed E-state index contributed by atoms with van der Waals surface area (Å²) in [6, 6.07) is 0. The fourth-order valence-corrected chi connectivity index (χ4v) is 1.62. The molecule has 0 saturated carbocycles. The molecular weight excluding hydrogens is 251 g/mol. The lowest BCUT2D eigenvalue weighted by molar-refractivity contribution is 0.313. The van der Waals surface area contributed by atoms with Gasteiger partial charge >= 0.3 is 0 Å². The van der Waals surface area contributed by atoms with Crippen molar-refractivity contribution in [1.82, 2.24) is 0 Å². The lowest BCUT2D eigenvalue weighted by Crippen LogP contribution is -2.31. The smallest absolute Gasteiger partial charge is 0.203 e. The number of halogens is 4. The van der Waals surface area contributed by atoms with Gasteiger partial charge in [0.2, 0.25) is 11.6 Å². The molecule has 2 radical (unpaired) electrons. The first kappa shape index (κ1) is 14.1. The summed E-state index contributed by atoms with van der Waals surface area (Å²) in [5.74, 6) is -7.50. The average Bonchev–Trinajstić information content (AvgIpc) is 2.22. The minimum absolute atomic E-state index is 0.0453. The van der Waals surface area contributed by atoms with Crippen molar-refractivity contribution in [3.8, 4) is 5.75 Å². The highest BCUT2D eigenvalue weighted by Gasteiger charge is 2.25. The van der Waals surface area contributed by atoms with Crippen molar-refractivity contribution in [2.75, 3.05) is 6.23 Å². The normalized spacial score (nSPS) is 11.7. The Morgan fingerprint density at radius 2 is 1.35 bits per heavy atom. The molecule has 0 N–H and O–H groups in total. The molecule has 0 aliphatic rings. The van der Waals surface area contributed by atoms with Crippen molar-refractivity contribution >= 4 is 21.4 Å². The molecule has 0 aliphatic heterocycles. The molecule has 0 aliphatic carbocycles. The van der Waals surface area contributed by atoms with E-state index in [9.17, 15) is 17.6 Å². The Labute approximate surface area is 99.2 Å². The Morgan fingerprint density at radius 1 is 0.941 bits per heavy atom. The molecule has 1 aromatic rings. The molecule has 0 spiro atoms. The summed E-state index contributed by atoms with van der Waals surface area (Å²) in [7, 11) is 3.09. The van der Waals surface area contributed by atoms with Crippen molar-refractivity contribution in [3.05, 3.63) is 23.3 Å². The van der Waals surface area contributed by atoms with Crippen LogP contribution in [-0.2, 0) is 0 Å². The van der Waals surface area contributed by atoms with Crippen LogP contribution in [0.2, 0.25) is 19.6 Å². The van der Waals surface area contributed by atoms with E-state index in [0.29, 0.717) is 0 Å². The zero-order valence-corrected chi connectivity index (χ0v) is 10.7. The van der Waals surface area contributed by atoms with Crippen LogP contribution in [-0.4, -0.2) is 22.2 Å². The third kappa shape index (κ3) is 3.02. The first-order valence-corrected chi connectivity index (χ1v) is 8.60. The second-order valence-corrected chi connectivity index (χ2v) is 10.3. The first-order valence-electron chi connectivity index (χ1n) is 4.89. The SMILES string of the molecule is [B]c1c(F)c(F)c(OC[Si](C)(C)C)c(F)c1F. The highest BCUT2D eigenvalue weighted by molar-refractivity contribution is 6.76. The molecule has 0 atom stereocenters. The molecule has 0 amide bonds. The Morgan fingerprint density at radius 3 is 1.71 bits per heavy atom. The van der Waals surface area contributed by atoms with Crippen LogP contribution in [0.5, 0.6) is 5.75 Å². The zero-order valence-electron chi connectivity index (χ0n) is 9.70. The van der Waals surface area contributed by atoms with Gasteiger partial charge in [-0.3, -0.25) is 0 Å². The van der Waals surface area contributed by atoms with E-state index in [4.69, 9.17) is 12.6 Å². The van der Waals surface area contributed by atoms with E-state index in [0.717, 1.165) is 0 Å². The van der Waals surface area contributed by atoms with Crippen molar-refractivity contribution in [2.45, 2.75) is 19.6 Å². The van der Waals surface area contributed by atoms with Gasteiger partial charge in [0.05, 0.1) is 14.3 Å². The summed E-state index contributed by atoms with van der Waals surface area (Å²) in [5, 5.41) is 0. The van der Waals surface area contributed by atoms with Gasteiger partial charge in [-0.05, 0) is 5.46 Å². The van der Waals surface area contributed by atoms with Gasteiger partial charge in [-0.2, -0.15) is 8.78 Å². The predicted octanol–water partition coefficient (Wildman–Crippen LogP) is 2.29. The van der Waals surface area contributed by atoms with Crippen LogP contribution in [0.4, 0.5) is 17.6 Å². The molecule has 17 heavy (non-hydrogen) atoms. The maximum atomic E-state index is 13.3. The van der Waals surface area contributed by atoms with E-state index in [-0.39, 0.29) is 6.23 Å². The third-order valence-corrected chi connectivity index (χ3v) is 2.92. The Hall–Kier alpha value is -0.978. The van der Waals surface area contributed by atoms with Gasteiger partial charge in [0.25, 0.3) is 0 Å². The molecule has 7 heteroatoms. The molecule has 1 nitrogen and oxygen atoms in total. The second kappa shape index (κ2) is 4.72. The standard InChI is InChI=1S/C10H11BF4OSi/c1-17(2,3)4-16-10-8(14)6(12)5(11)7(13)9(10)15/h4H2,1-3H3. The Balaban J connectivity index is 3.16. The third-order valence-electron chi connectivity index (χ3n) is 1.91. The number of hydrogen-bond acceptors (Lipinski definition) is 1. The van der Waals surface area contributed by atoms with Gasteiger partial charge in [-0.15, -0.1) is 0 Å². The molecule has 0 unspecified atom stereocenters. The first-order chi connectivity index (χ1) is 7.65. The van der Waals surface area contributed by atoms with Crippen LogP contribution in [0.15, 0.2) is 0 Å². The van der Waals surface area contributed by atoms with Gasteiger partial charge in [-0.1, -0.05) is 19.6 Å². The van der Waals surface area contributed by atoms with Crippen LogP contribution in [0.25, 0.3) is 0 Å². The van der Waals surface area contributed by atoms with Crippen LogP contribution in [0.3, 0.4) is 0 Å². The average molecular weight is 262 g/mol. The molecule has 0 bridgehead atoms. The van der Waals surface area contributed by atoms with Crippen LogP contribution < -0.4 is 10.2 Å². The van der Waals surface area contributed by atoms with Gasteiger partial charge < -0.3 is 4.74 Å². The zero-order chi connectivity index (χ0) is 13.4. The van der Waals surface area contributed by atoms with Crippen LogP contribution >= 0.6 is 0 Å². The second-order valence-electron chi connectivity index (χ2n) is 4.85. The van der Waals surface area contributed by atoms with Gasteiger partial charge in [0, 0.05) is 0 Å². The number of benzene rings is 1. The highest BCUT2D eigenvalue weighted by atomic mass is 28.3. The monoisotopic (exact) mass is 262 g/mol. The van der Waals surface area contributed by atoms with Gasteiger partial charge in [0.15, 0.2) is 17.4 Å². The van der Waals surface area contributed by atoms with Crippen molar-refractivity contribution in [1.29, 1.82) is 0 Å². The van der Waals surface area contributed by atoms with Crippen molar-refractivity contribution < 1.29 is 22.3 Å². The largest absolute Gasteiger partial charge is 0.491 e. The molecule has 92 valence electrons. The summed E-state index contributed by atoms with van der Waals surface area (Å²) >= 11 is 0. The van der Waals surface area contributed by atoms with Gasteiger partial charge in [-0.25, -0.2) is 8.78 Å². The number of ether oxygens (including phenoxy) is 1. The van der Waals surface area contributed by atoms with Gasteiger partial charge in [0.1, 0.15) is 7.85 Å². The molecule has 0 heterocycles. The minimum atomic E-state index is -1.77. The Kier molecular flexibility index (Phi) is 3.91. The number of rotatable bonds is 3. The molecule has 1 aromatic carbocycles. The van der Waals surface area contributed by atoms with E-state index in [1.54, 1.807) is 0 Å². The molecule has 0 saturated heterocycles. The molecule has 0 aromatic heterocycles. The molecular formula is C10H11BF4OSi. The topological polar surface area (TPSA) is 9.23 Å². The maximum Gasteiger partial charge on any atom is 0.203 e. The fraction of sp³-hybridized carbons (Fsp3) is 0.400. The molecule has 0 fully saturated rings. The van der Waals surface area contributed by atoms with E-state index in [1.165, 1.54) is 0 Å². The fourth-order valence-electron chi connectivity index (χ4n) is 1.04. The van der Waals surface area contributed by atoms with E-state index in [1.807, 2.05) is 19.6 Å². The summed E-state index contributed by atoms with van der Waals surface area (Å²) in [6.07, 6.45) is 0.0453. The number of hydrogen-bond donors (Lipinski definition) is 0. The maximum absolute atomic E-state index is 13.3. The predicted molar refractivity (Wildman–Crippen MR) is 60.5 cm³/mol. The minimum Gasteiger partial charge on any atom is -0.491 e. The molecule has 1 rings (SSSR count). The van der Waals surface area contributed by atoms with E-state index in [2.05, 4.69) is 0 Å². The van der Waals surface area contributed by atoms with E-state index < -0.39 is 42.6 Å². The summed E-state index contributed by atoms with van der Waals surface area (Å²) in [6.45, 7) is 5.65. The summed E-state index contributed by atoms with van der Waals surface area (Å²) in [4.78, 5) is 0. The van der Waals surface area contributed by atoms with Crippen LogP contribution in [0, 0.1) is 23.3 Å². The van der Waals surface area contributed by atoms with Crippen molar-refractivity contribution in [2.24, 2.45) is 0 Å². The lowest BCUT2D eigenvalue weighted by Gasteiger charge is -2.18.